The first-order valence-corrected chi connectivity index (χ1v) is 10.8. The van der Waals surface area contributed by atoms with E-state index in [4.69, 9.17) is 0 Å². The van der Waals surface area contributed by atoms with E-state index in [0.717, 1.165) is 16.5 Å². The number of amides is 2. The lowest BCUT2D eigenvalue weighted by Gasteiger charge is -2.27. The van der Waals surface area contributed by atoms with Gasteiger partial charge in [-0.3, -0.25) is 19.0 Å². The minimum atomic E-state index is -4.55. The molecule has 4 aromatic rings. The number of carbonyl (C=O) groups excluding carboxylic acids is 2. The number of alkyl halides is 3. The highest BCUT2D eigenvalue weighted by Gasteiger charge is 2.32. The smallest absolute Gasteiger partial charge is 0.332 e. The number of nitrogens with one attached hydrogen (secondary N) is 1. The van der Waals surface area contributed by atoms with Gasteiger partial charge >= 0.3 is 6.18 Å². The lowest BCUT2D eigenvalue weighted by atomic mass is 10.0. The van der Waals surface area contributed by atoms with Crippen LogP contribution in [-0.2, 0) is 19.1 Å². The maximum atomic E-state index is 13.1. The van der Waals surface area contributed by atoms with Crippen LogP contribution in [0.5, 0.6) is 0 Å². The highest BCUT2D eigenvalue weighted by molar-refractivity contribution is 7.10. The zero-order chi connectivity index (χ0) is 23.2. The van der Waals surface area contributed by atoms with Crippen LogP contribution in [0.1, 0.15) is 36.9 Å². The maximum absolute atomic E-state index is 13.1. The molecule has 11 heteroatoms. The Hall–Kier alpha value is -3.73. The zero-order valence-corrected chi connectivity index (χ0v) is 17.8. The summed E-state index contributed by atoms with van der Waals surface area (Å²) < 4.78 is 40.4. The third-order valence-corrected chi connectivity index (χ3v) is 6.45. The highest BCUT2D eigenvalue weighted by Crippen LogP contribution is 2.32. The van der Waals surface area contributed by atoms with Gasteiger partial charge < -0.3 is 10.2 Å². The van der Waals surface area contributed by atoms with Crippen LogP contribution in [-0.4, -0.2) is 37.6 Å². The Morgan fingerprint density at radius 2 is 2.00 bits per heavy atom. The van der Waals surface area contributed by atoms with E-state index in [1.807, 2.05) is 18.2 Å². The molecular weight excluding hydrogens is 455 g/mol. The van der Waals surface area contributed by atoms with Gasteiger partial charge in [0.25, 0.3) is 11.8 Å². The largest absolute Gasteiger partial charge is 0.417 e. The molecule has 0 atom stereocenters. The zero-order valence-electron chi connectivity index (χ0n) is 17.0. The van der Waals surface area contributed by atoms with Gasteiger partial charge in [-0.2, -0.15) is 13.2 Å². The minimum absolute atomic E-state index is 0.0324. The van der Waals surface area contributed by atoms with Gasteiger partial charge in [0.1, 0.15) is 11.3 Å². The van der Waals surface area contributed by atoms with Crippen molar-refractivity contribution in [2.45, 2.75) is 19.1 Å². The first kappa shape index (κ1) is 21.1. The van der Waals surface area contributed by atoms with Crippen molar-refractivity contribution in [3.8, 4) is 0 Å². The maximum Gasteiger partial charge on any atom is 0.417 e. The number of pyridine rings is 2. The molecule has 1 aliphatic heterocycles. The molecular formula is C22H16F3N5O2S. The number of anilines is 1. The van der Waals surface area contributed by atoms with E-state index in [1.165, 1.54) is 17.5 Å². The number of hydrogen-bond donors (Lipinski definition) is 1. The Kier molecular flexibility index (Phi) is 5.12. The molecule has 5 heterocycles. The molecule has 0 radical (unpaired) electrons. The fraction of sp³-hybridized carbons (Fsp3) is 0.182. The first-order valence-electron chi connectivity index (χ1n) is 9.95. The van der Waals surface area contributed by atoms with Crippen LogP contribution >= 0.6 is 11.3 Å². The van der Waals surface area contributed by atoms with Crippen molar-refractivity contribution in [2.75, 3.05) is 11.9 Å². The average Bonchev–Trinajstić information content (AvgIpc) is 3.42. The standard InChI is InChI=1S/C22H16F3N5O2S/c23-22(24,25)13-7-14(9-26-8-13)28-20(31)16-12-33-18-11-29(6-4-15(16)18)21(32)17-10-27-19-3-1-2-5-30(17)19/h1-3,5,7-10,12H,4,6,11H2,(H,28,31). The highest BCUT2D eigenvalue weighted by atomic mass is 32.1. The first-order chi connectivity index (χ1) is 15.8. The second kappa shape index (κ2) is 8.00. The summed E-state index contributed by atoms with van der Waals surface area (Å²) in [5.74, 6) is -0.663. The second-order valence-electron chi connectivity index (χ2n) is 7.51. The van der Waals surface area contributed by atoms with Gasteiger partial charge in [-0.05, 0) is 30.2 Å². The number of rotatable bonds is 3. The number of fused-ring (bicyclic) bond motifs is 2. The fourth-order valence-electron chi connectivity index (χ4n) is 3.81. The Balaban J connectivity index is 1.33. The fourth-order valence-corrected chi connectivity index (χ4v) is 4.90. The average molecular weight is 471 g/mol. The number of aromatic nitrogens is 3. The van der Waals surface area contributed by atoms with E-state index in [-0.39, 0.29) is 11.6 Å². The molecule has 0 aliphatic carbocycles. The normalized spacial score (nSPS) is 13.7. The van der Waals surface area contributed by atoms with Crippen LogP contribution in [0.15, 0.2) is 54.4 Å². The second-order valence-corrected chi connectivity index (χ2v) is 8.48. The van der Waals surface area contributed by atoms with Crippen LogP contribution in [0.25, 0.3) is 5.65 Å². The Morgan fingerprint density at radius 1 is 1.15 bits per heavy atom. The summed E-state index contributed by atoms with van der Waals surface area (Å²) in [7, 11) is 0. The molecule has 1 N–H and O–H groups in total. The summed E-state index contributed by atoms with van der Waals surface area (Å²) in [4.78, 5) is 36.2. The van der Waals surface area contributed by atoms with Gasteiger partial charge in [0.15, 0.2) is 0 Å². The van der Waals surface area contributed by atoms with E-state index in [2.05, 4.69) is 15.3 Å². The monoisotopic (exact) mass is 471 g/mol. The van der Waals surface area contributed by atoms with Crippen LogP contribution in [0.2, 0.25) is 0 Å². The van der Waals surface area contributed by atoms with Crippen molar-refractivity contribution >= 4 is 34.5 Å². The molecule has 33 heavy (non-hydrogen) atoms. The van der Waals surface area contributed by atoms with Gasteiger partial charge in [-0.25, -0.2) is 4.98 Å². The van der Waals surface area contributed by atoms with E-state index < -0.39 is 17.6 Å². The number of imidazole rings is 1. The van der Waals surface area contributed by atoms with Gasteiger partial charge in [0.2, 0.25) is 0 Å². The van der Waals surface area contributed by atoms with Gasteiger partial charge in [0.05, 0.1) is 35.8 Å². The molecule has 0 bridgehead atoms. The Bertz CT molecular complexity index is 1380. The molecule has 0 aromatic carbocycles. The third-order valence-electron chi connectivity index (χ3n) is 5.44. The summed E-state index contributed by atoms with van der Waals surface area (Å²) in [6, 6.07) is 6.33. The number of halogens is 3. The van der Waals surface area contributed by atoms with Crippen LogP contribution in [0, 0.1) is 0 Å². The lowest BCUT2D eigenvalue weighted by molar-refractivity contribution is -0.137. The van der Waals surface area contributed by atoms with Crippen LogP contribution in [0.4, 0.5) is 18.9 Å². The molecule has 0 unspecified atom stereocenters. The molecule has 0 fully saturated rings. The Labute approximate surface area is 189 Å². The molecule has 168 valence electrons. The predicted molar refractivity (Wildman–Crippen MR) is 115 cm³/mol. The molecule has 0 saturated heterocycles. The summed E-state index contributed by atoms with van der Waals surface area (Å²) in [5, 5.41) is 4.17. The molecule has 1 aliphatic rings. The number of nitrogens with zero attached hydrogens (tertiary/aromatic N) is 4. The predicted octanol–water partition coefficient (Wildman–Crippen LogP) is 4.26. The third kappa shape index (κ3) is 3.95. The summed E-state index contributed by atoms with van der Waals surface area (Å²) in [6.45, 7) is 0.755. The topological polar surface area (TPSA) is 79.6 Å². The van der Waals surface area contributed by atoms with Crippen molar-refractivity contribution in [3.05, 3.63) is 81.7 Å². The van der Waals surface area contributed by atoms with E-state index in [9.17, 15) is 22.8 Å². The molecule has 5 rings (SSSR count). The van der Waals surface area contributed by atoms with Crippen LogP contribution < -0.4 is 5.32 Å². The van der Waals surface area contributed by atoms with Gasteiger partial charge in [-0.15, -0.1) is 11.3 Å². The number of thiophene rings is 1. The van der Waals surface area contributed by atoms with Crippen molar-refractivity contribution < 1.29 is 22.8 Å². The summed E-state index contributed by atoms with van der Waals surface area (Å²) >= 11 is 1.35. The quantitative estimate of drug-likeness (QED) is 0.484. The molecule has 4 aromatic heterocycles. The molecule has 7 nitrogen and oxygen atoms in total. The van der Waals surface area contributed by atoms with E-state index >= 15 is 0 Å². The lowest BCUT2D eigenvalue weighted by Crippen LogP contribution is -2.36. The molecule has 0 saturated carbocycles. The number of carbonyl (C=O) groups is 2. The van der Waals surface area contributed by atoms with Crippen molar-refractivity contribution in [1.82, 2.24) is 19.3 Å². The Morgan fingerprint density at radius 3 is 2.82 bits per heavy atom. The molecule has 2 amide bonds. The van der Waals surface area contributed by atoms with Crippen molar-refractivity contribution in [1.29, 1.82) is 0 Å². The van der Waals surface area contributed by atoms with Gasteiger partial charge in [-0.1, -0.05) is 6.07 Å². The van der Waals surface area contributed by atoms with E-state index in [0.29, 0.717) is 42.6 Å². The SMILES string of the molecule is O=C(Nc1cncc(C(F)(F)F)c1)c1csc2c1CCN(C(=O)c1cnc3ccccn13)C2. The molecule has 0 spiro atoms. The number of hydrogen-bond acceptors (Lipinski definition) is 5. The minimum Gasteiger partial charge on any atom is -0.332 e. The summed E-state index contributed by atoms with van der Waals surface area (Å²) in [6.07, 6.45) is 1.11. The van der Waals surface area contributed by atoms with E-state index in [1.54, 1.807) is 27.1 Å². The summed E-state index contributed by atoms with van der Waals surface area (Å²) in [5.41, 5.74) is 1.37. The van der Waals surface area contributed by atoms with Crippen molar-refractivity contribution in [2.24, 2.45) is 0 Å². The van der Waals surface area contributed by atoms with Gasteiger partial charge in [0, 0.05) is 29.2 Å². The van der Waals surface area contributed by atoms with Crippen LogP contribution in [0.3, 0.4) is 0 Å². The van der Waals surface area contributed by atoms with Crippen molar-refractivity contribution in [3.63, 3.8) is 0 Å².